The molecule has 5 rings (SSSR count). The lowest BCUT2D eigenvalue weighted by Gasteiger charge is -2.40. The smallest absolute Gasteiger partial charge is 0.313 e. The van der Waals surface area contributed by atoms with Gasteiger partial charge in [-0.3, -0.25) is 19.2 Å². The van der Waals surface area contributed by atoms with Gasteiger partial charge in [0.1, 0.15) is 23.5 Å². The second-order valence-corrected chi connectivity index (χ2v) is 13.8. The predicted octanol–water partition coefficient (Wildman–Crippen LogP) is 4.75. The van der Waals surface area contributed by atoms with Crippen molar-refractivity contribution in [2.45, 2.75) is 88.8 Å². The minimum absolute atomic E-state index is 0.154. The molecule has 11 heteroatoms. The van der Waals surface area contributed by atoms with Gasteiger partial charge in [0.2, 0.25) is 11.8 Å². The Hall–Kier alpha value is -4.48. The number of fused-ring (bicyclic) bond motifs is 1. The number of nitrogens with zero attached hydrogens (tertiary/aromatic N) is 2. The monoisotopic (exact) mass is 701 g/mol. The molecule has 3 aliphatic heterocycles. The van der Waals surface area contributed by atoms with Crippen molar-refractivity contribution < 1.29 is 38.5 Å². The number of hydrogen-bond acceptors (Lipinski definition) is 8. The zero-order valence-corrected chi connectivity index (χ0v) is 30.0. The number of allylic oxidation sites excluding steroid dienone is 1. The van der Waals surface area contributed by atoms with E-state index >= 15 is 0 Å². The summed E-state index contributed by atoms with van der Waals surface area (Å²) in [6, 6.07) is 13.8. The van der Waals surface area contributed by atoms with Crippen molar-refractivity contribution >= 4 is 29.4 Å². The van der Waals surface area contributed by atoms with Gasteiger partial charge in [-0.05, 0) is 61.9 Å². The summed E-state index contributed by atoms with van der Waals surface area (Å²) in [5.74, 6) is -3.16. The average Bonchev–Trinajstić information content (AvgIpc) is 3.79. The standard InChI is InChI=1S/C40H51N3O8/c1-7-10-16-32(45)41-26(5)35(27-14-12-11-13-15-27)50-39(48)33-31-21-22-40(51-31)34(33)37(46)43(30(24-44)25(4)9-3)36(40)38(47)42(23-8-2)28-17-19-29(49-6)20-18-28/h7-8,11-15,17-20,25-26,30-31,33-36,44H,1-2,9-10,16,21-24H2,3-6H3,(H,41,45)/t25-,26+,30-,31+,33-,34-,35+,36+,40-/m0/s1. The van der Waals surface area contributed by atoms with Crippen LogP contribution < -0.4 is 15.0 Å². The zero-order valence-electron chi connectivity index (χ0n) is 30.0. The highest BCUT2D eigenvalue weighted by Crippen LogP contribution is 2.59. The Bertz CT molecular complexity index is 1580. The summed E-state index contributed by atoms with van der Waals surface area (Å²) in [6.45, 7) is 13.0. The highest BCUT2D eigenvalue weighted by atomic mass is 16.6. The van der Waals surface area contributed by atoms with E-state index < -0.39 is 59.6 Å². The van der Waals surface area contributed by atoms with Crippen LogP contribution in [-0.2, 0) is 28.7 Å². The van der Waals surface area contributed by atoms with Crippen LogP contribution in [0.1, 0.15) is 64.5 Å². The largest absolute Gasteiger partial charge is 0.497 e. The Kier molecular flexibility index (Phi) is 12.0. The molecule has 9 atom stereocenters. The van der Waals surface area contributed by atoms with E-state index in [9.17, 15) is 24.3 Å². The van der Waals surface area contributed by atoms with Crippen LogP contribution in [0.25, 0.3) is 0 Å². The van der Waals surface area contributed by atoms with Crippen molar-refractivity contribution in [2.75, 3.05) is 25.2 Å². The van der Waals surface area contributed by atoms with Crippen molar-refractivity contribution in [3.8, 4) is 5.75 Å². The number of amides is 3. The first-order valence-corrected chi connectivity index (χ1v) is 17.9. The third-order valence-electron chi connectivity index (χ3n) is 10.8. The van der Waals surface area contributed by atoms with Crippen LogP contribution in [0.15, 0.2) is 79.9 Å². The highest BCUT2D eigenvalue weighted by Gasteiger charge is 2.76. The lowest BCUT2D eigenvalue weighted by atomic mass is 9.70. The van der Waals surface area contributed by atoms with E-state index in [2.05, 4.69) is 18.5 Å². The van der Waals surface area contributed by atoms with E-state index in [4.69, 9.17) is 14.2 Å². The third kappa shape index (κ3) is 7.19. The SMILES string of the molecule is C=CCCC(=O)N[C@H](C)[C@@H](OC(=O)[C@@H]1[C@H]2C(=O)N([C@@H](CO)[C@@H](C)CC)[C@H](C(=O)N(CC=C)c3ccc(OC)cc3)[C@]23CC[C@H]1O3)c1ccccc1. The van der Waals surface area contributed by atoms with Crippen molar-refractivity contribution in [2.24, 2.45) is 17.8 Å². The van der Waals surface area contributed by atoms with E-state index in [0.29, 0.717) is 42.7 Å². The number of carbonyl (C=O) groups is 4. The molecule has 0 aromatic heterocycles. The molecule has 2 bridgehead atoms. The maximum Gasteiger partial charge on any atom is 0.313 e. The van der Waals surface area contributed by atoms with Crippen molar-refractivity contribution in [3.63, 3.8) is 0 Å². The number of ether oxygens (including phenoxy) is 3. The highest BCUT2D eigenvalue weighted by molar-refractivity contribution is 6.05. The molecule has 0 radical (unpaired) electrons. The van der Waals surface area contributed by atoms with Gasteiger partial charge in [0.05, 0.1) is 43.7 Å². The molecule has 0 saturated carbocycles. The van der Waals surface area contributed by atoms with Gasteiger partial charge in [-0.15, -0.1) is 13.2 Å². The van der Waals surface area contributed by atoms with Crippen LogP contribution >= 0.6 is 0 Å². The summed E-state index contributed by atoms with van der Waals surface area (Å²) < 4.78 is 18.3. The van der Waals surface area contributed by atoms with Gasteiger partial charge >= 0.3 is 5.97 Å². The van der Waals surface area contributed by atoms with Crippen LogP contribution in [0.3, 0.4) is 0 Å². The lowest BCUT2D eigenvalue weighted by Crippen LogP contribution is -2.60. The van der Waals surface area contributed by atoms with Crippen LogP contribution in [0.2, 0.25) is 0 Å². The predicted molar refractivity (Wildman–Crippen MR) is 193 cm³/mol. The molecule has 3 amide bonds. The minimum atomic E-state index is -1.32. The van der Waals surface area contributed by atoms with E-state index in [-0.39, 0.29) is 37.3 Å². The number of aliphatic hydroxyl groups is 1. The summed E-state index contributed by atoms with van der Waals surface area (Å²) in [6.07, 6.45) is 4.00. The van der Waals surface area contributed by atoms with Crippen molar-refractivity contribution in [3.05, 3.63) is 85.5 Å². The Labute approximate surface area is 300 Å². The number of benzene rings is 2. The molecule has 3 aliphatic rings. The van der Waals surface area contributed by atoms with Crippen LogP contribution in [0.5, 0.6) is 5.75 Å². The van der Waals surface area contributed by atoms with Gasteiger partial charge in [-0.2, -0.15) is 0 Å². The molecule has 2 aromatic rings. The maximum atomic E-state index is 14.9. The number of carbonyl (C=O) groups excluding carboxylic acids is 4. The summed E-state index contributed by atoms with van der Waals surface area (Å²) in [7, 11) is 1.56. The normalized spacial score (nSPS) is 25.7. The number of aliphatic hydroxyl groups excluding tert-OH is 1. The molecule has 1 spiro atoms. The molecule has 274 valence electrons. The average molecular weight is 702 g/mol. The molecule has 3 saturated heterocycles. The second-order valence-electron chi connectivity index (χ2n) is 13.8. The van der Waals surface area contributed by atoms with Gasteiger partial charge < -0.3 is 34.4 Å². The zero-order chi connectivity index (χ0) is 36.9. The van der Waals surface area contributed by atoms with E-state index in [0.717, 1.165) is 0 Å². The number of anilines is 1. The summed E-state index contributed by atoms with van der Waals surface area (Å²) in [5.41, 5.74) is -0.0529. The first-order valence-electron chi connectivity index (χ1n) is 17.9. The quantitative estimate of drug-likeness (QED) is 0.178. The molecular weight excluding hydrogens is 650 g/mol. The number of esters is 1. The number of hydrogen-bond donors (Lipinski definition) is 2. The third-order valence-corrected chi connectivity index (χ3v) is 10.8. The molecule has 3 fully saturated rings. The Morgan fingerprint density at radius 1 is 1.12 bits per heavy atom. The van der Waals surface area contributed by atoms with Crippen LogP contribution in [-0.4, -0.2) is 83.8 Å². The summed E-state index contributed by atoms with van der Waals surface area (Å²) in [5, 5.41) is 13.7. The fourth-order valence-corrected chi connectivity index (χ4v) is 8.11. The van der Waals surface area contributed by atoms with Gasteiger partial charge in [0.15, 0.2) is 0 Å². The Balaban J connectivity index is 1.52. The van der Waals surface area contributed by atoms with E-state index in [1.807, 2.05) is 44.2 Å². The number of nitrogens with one attached hydrogen (secondary N) is 1. The van der Waals surface area contributed by atoms with E-state index in [1.54, 1.807) is 55.4 Å². The molecule has 51 heavy (non-hydrogen) atoms. The first-order chi connectivity index (χ1) is 24.6. The number of rotatable bonds is 17. The first kappa shape index (κ1) is 37.8. The van der Waals surface area contributed by atoms with Gasteiger partial charge in [-0.1, -0.05) is 62.8 Å². The fourth-order valence-electron chi connectivity index (χ4n) is 8.11. The second kappa shape index (κ2) is 16.2. The Morgan fingerprint density at radius 2 is 1.82 bits per heavy atom. The number of likely N-dealkylation sites (tertiary alicyclic amines) is 1. The maximum absolute atomic E-state index is 14.9. The number of methoxy groups -OCH3 is 1. The molecule has 2 aromatic carbocycles. The van der Waals surface area contributed by atoms with Crippen molar-refractivity contribution in [1.82, 2.24) is 10.2 Å². The lowest BCUT2D eigenvalue weighted by molar-refractivity contribution is -0.162. The van der Waals surface area contributed by atoms with Crippen molar-refractivity contribution in [1.29, 1.82) is 0 Å². The molecule has 3 heterocycles. The van der Waals surface area contributed by atoms with E-state index in [1.165, 1.54) is 4.90 Å². The summed E-state index contributed by atoms with van der Waals surface area (Å²) in [4.78, 5) is 59.9. The van der Waals surface area contributed by atoms with Gasteiger partial charge in [0, 0.05) is 18.7 Å². The van der Waals surface area contributed by atoms with Gasteiger partial charge in [-0.25, -0.2) is 0 Å². The topological polar surface area (TPSA) is 135 Å². The summed E-state index contributed by atoms with van der Waals surface area (Å²) >= 11 is 0. The fraction of sp³-hybridized carbons (Fsp3) is 0.500. The Morgan fingerprint density at radius 3 is 2.43 bits per heavy atom. The van der Waals surface area contributed by atoms with Crippen LogP contribution in [0, 0.1) is 17.8 Å². The molecule has 11 nitrogen and oxygen atoms in total. The molecule has 2 N–H and O–H groups in total. The van der Waals surface area contributed by atoms with Crippen LogP contribution in [0.4, 0.5) is 5.69 Å². The molecular formula is C40H51N3O8. The van der Waals surface area contributed by atoms with Gasteiger partial charge in [0.25, 0.3) is 5.91 Å². The molecule has 0 unspecified atom stereocenters. The molecule has 0 aliphatic carbocycles. The minimum Gasteiger partial charge on any atom is -0.497 e.